The number of aromatic nitrogens is 3. The Labute approximate surface area is 148 Å². The van der Waals surface area contributed by atoms with Crippen LogP contribution in [0.5, 0.6) is 0 Å². The van der Waals surface area contributed by atoms with E-state index < -0.39 is 0 Å². The summed E-state index contributed by atoms with van der Waals surface area (Å²) in [4.78, 5) is 19.6. The number of pyridine rings is 1. The Balaban J connectivity index is 2.13. The zero-order valence-corrected chi connectivity index (χ0v) is 15.1. The van der Waals surface area contributed by atoms with Crippen LogP contribution in [-0.4, -0.2) is 39.2 Å². The molecule has 1 amide bonds. The van der Waals surface area contributed by atoms with Crippen molar-refractivity contribution in [2.75, 3.05) is 13.6 Å². The first-order valence-electron chi connectivity index (χ1n) is 8.83. The molecule has 0 N–H and O–H groups in total. The molecule has 0 atom stereocenters. The van der Waals surface area contributed by atoms with E-state index in [1.54, 1.807) is 11.1 Å². The summed E-state index contributed by atoms with van der Waals surface area (Å²) in [6, 6.07) is 11.8. The van der Waals surface area contributed by atoms with Crippen LogP contribution in [0.3, 0.4) is 0 Å². The lowest BCUT2D eigenvalue weighted by molar-refractivity contribution is 0.0795. The number of amides is 1. The van der Waals surface area contributed by atoms with E-state index in [1.807, 2.05) is 55.1 Å². The first kappa shape index (κ1) is 17.1. The molecular formula is C20H24N4O. The van der Waals surface area contributed by atoms with Crippen molar-refractivity contribution in [2.24, 2.45) is 0 Å². The SMILES string of the molecule is CCCCN(C)C(=O)c1cc(-c2ccccc2)nc2c1cnn2CC. The number of carbonyl (C=O) groups is 1. The van der Waals surface area contributed by atoms with Crippen LogP contribution in [0.2, 0.25) is 0 Å². The number of aryl methyl sites for hydroxylation is 1. The quantitative estimate of drug-likeness (QED) is 0.684. The molecule has 0 spiro atoms. The molecule has 3 rings (SSSR count). The first-order valence-corrected chi connectivity index (χ1v) is 8.83. The number of fused-ring (bicyclic) bond motifs is 1. The lowest BCUT2D eigenvalue weighted by Crippen LogP contribution is -2.28. The van der Waals surface area contributed by atoms with Crippen LogP contribution in [0, 0.1) is 0 Å². The van der Waals surface area contributed by atoms with Crippen molar-refractivity contribution in [2.45, 2.75) is 33.2 Å². The normalized spacial score (nSPS) is 11.0. The maximum atomic E-state index is 13.0. The Morgan fingerprint density at radius 1 is 1.20 bits per heavy atom. The smallest absolute Gasteiger partial charge is 0.254 e. The number of hydrogen-bond donors (Lipinski definition) is 0. The van der Waals surface area contributed by atoms with Gasteiger partial charge < -0.3 is 4.90 Å². The highest BCUT2D eigenvalue weighted by Gasteiger charge is 2.19. The lowest BCUT2D eigenvalue weighted by Gasteiger charge is -2.18. The fourth-order valence-corrected chi connectivity index (χ4v) is 2.92. The molecule has 5 nitrogen and oxygen atoms in total. The molecule has 0 radical (unpaired) electrons. The van der Waals surface area contributed by atoms with Gasteiger partial charge in [-0.1, -0.05) is 43.7 Å². The van der Waals surface area contributed by atoms with Gasteiger partial charge in [0, 0.05) is 25.7 Å². The highest BCUT2D eigenvalue weighted by Crippen LogP contribution is 2.25. The maximum Gasteiger partial charge on any atom is 0.254 e. The van der Waals surface area contributed by atoms with Gasteiger partial charge in [0.15, 0.2) is 5.65 Å². The summed E-state index contributed by atoms with van der Waals surface area (Å²) < 4.78 is 1.84. The highest BCUT2D eigenvalue weighted by molar-refractivity contribution is 6.06. The second-order valence-corrected chi connectivity index (χ2v) is 6.20. The molecule has 3 aromatic rings. The van der Waals surface area contributed by atoms with Crippen molar-refractivity contribution in [1.82, 2.24) is 19.7 Å². The van der Waals surface area contributed by atoms with Gasteiger partial charge in [0.25, 0.3) is 5.91 Å². The summed E-state index contributed by atoms with van der Waals surface area (Å²) >= 11 is 0. The molecule has 5 heteroatoms. The van der Waals surface area contributed by atoms with Crippen molar-refractivity contribution < 1.29 is 4.79 Å². The van der Waals surface area contributed by atoms with Crippen LogP contribution in [-0.2, 0) is 6.54 Å². The van der Waals surface area contributed by atoms with Crippen molar-refractivity contribution >= 4 is 16.9 Å². The van der Waals surface area contributed by atoms with Gasteiger partial charge in [0.2, 0.25) is 0 Å². The molecule has 2 aromatic heterocycles. The standard InChI is InChI=1S/C20H24N4O/c1-4-6-12-23(3)20(25)16-13-18(15-10-8-7-9-11-15)22-19-17(16)14-21-24(19)5-2/h7-11,13-14H,4-6,12H2,1-3H3. The van der Waals surface area contributed by atoms with Crippen LogP contribution in [0.15, 0.2) is 42.6 Å². The molecular weight excluding hydrogens is 312 g/mol. The second kappa shape index (κ2) is 7.47. The molecule has 0 bridgehead atoms. The van der Waals surface area contributed by atoms with E-state index in [2.05, 4.69) is 12.0 Å². The van der Waals surface area contributed by atoms with Crippen LogP contribution in [0.4, 0.5) is 0 Å². The number of rotatable bonds is 6. The van der Waals surface area contributed by atoms with E-state index in [0.717, 1.165) is 41.7 Å². The number of hydrogen-bond acceptors (Lipinski definition) is 3. The molecule has 0 aliphatic carbocycles. The summed E-state index contributed by atoms with van der Waals surface area (Å²) in [5.74, 6) is 0.0219. The zero-order chi connectivity index (χ0) is 17.8. The van der Waals surface area contributed by atoms with Gasteiger partial charge in [-0.15, -0.1) is 0 Å². The third-order valence-electron chi connectivity index (χ3n) is 4.40. The van der Waals surface area contributed by atoms with Crippen LogP contribution in [0.25, 0.3) is 22.3 Å². The first-order chi connectivity index (χ1) is 12.2. The highest BCUT2D eigenvalue weighted by atomic mass is 16.2. The van der Waals surface area contributed by atoms with E-state index in [4.69, 9.17) is 4.98 Å². The van der Waals surface area contributed by atoms with Gasteiger partial charge in [-0.2, -0.15) is 5.10 Å². The van der Waals surface area contributed by atoms with Gasteiger partial charge >= 0.3 is 0 Å². The van der Waals surface area contributed by atoms with Crippen molar-refractivity contribution in [1.29, 1.82) is 0 Å². The number of benzene rings is 1. The summed E-state index contributed by atoms with van der Waals surface area (Å²) in [5.41, 5.74) is 3.23. The number of nitrogens with zero attached hydrogens (tertiary/aromatic N) is 4. The van der Waals surface area contributed by atoms with E-state index in [9.17, 15) is 4.79 Å². The van der Waals surface area contributed by atoms with Crippen LogP contribution in [0.1, 0.15) is 37.0 Å². The van der Waals surface area contributed by atoms with E-state index in [0.29, 0.717) is 12.1 Å². The zero-order valence-electron chi connectivity index (χ0n) is 15.1. The molecule has 0 unspecified atom stereocenters. The van der Waals surface area contributed by atoms with Crippen molar-refractivity contribution in [3.05, 3.63) is 48.2 Å². The van der Waals surface area contributed by atoms with Crippen molar-refractivity contribution in [3.63, 3.8) is 0 Å². The minimum absolute atomic E-state index is 0.0219. The van der Waals surface area contributed by atoms with E-state index >= 15 is 0 Å². The molecule has 130 valence electrons. The van der Waals surface area contributed by atoms with Crippen LogP contribution < -0.4 is 0 Å². The summed E-state index contributed by atoms with van der Waals surface area (Å²) in [6.07, 6.45) is 3.81. The van der Waals surface area contributed by atoms with Gasteiger partial charge in [-0.3, -0.25) is 4.79 Å². The summed E-state index contributed by atoms with van der Waals surface area (Å²) in [6.45, 7) is 5.62. The third-order valence-corrected chi connectivity index (χ3v) is 4.40. The van der Waals surface area contributed by atoms with E-state index in [1.165, 1.54) is 0 Å². The Morgan fingerprint density at radius 2 is 1.96 bits per heavy atom. The minimum Gasteiger partial charge on any atom is -0.342 e. The molecule has 0 saturated heterocycles. The maximum absolute atomic E-state index is 13.0. The van der Waals surface area contributed by atoms with Gasteiger partial charge in [-0.25, -0.2) is 9.67 Å². The monoisotopic (exact) mass is 336 g/mol. The number of unbranched alkanes of at least 4 members (excludes halogenated alkanes) is 1. The number of carbonyl (C=O) groups excluding carboxylic acids is 1. The molecule has 25 heavy (non-hydrogen) atoms. The molecule has 0 aliphatic heterocycles. The topological polar surface area (TPSA) is 51.0 Å². The molecule has 1 aromatic carbocycles. The van der Waals surface area contributed by atoms with Gasteiger partial charge in [0.05, 0.1) is 22.8 Å². The average molecular weight is 336 g/mol. The van der Waals surface area contributed by atoms with Crippen LogP contribution >= 0.6 is 0 Å². The van der Waals surface area contributed by atoms with Gasteiger partial charge in [-0.05, 0) is 19.4 Å². The Kier molecular flexibility index (Phi) is 5.12. The Bertz CT molecular complexity index is 870. The fourth-order valence-electron chi connectivity index (χ4n) is 2.92. The second-order valence-electron chi connectivity index (χ2n) is 6.20. The molecule has 0 aliphatic rings. The summed E-state index contributed by atoms with van der Waals surface area (Å²) in [5, 5.41) is 5.21. The average Bonchev–Trinajstić information content (AvgIpc) is 3.08. The lowest BCUT2D eigenvalue weighted by atomic mass is 10.1. The molecule has 0 saturated carbocycles. The Morgan fingerprint density at radius 3 is 2.64 bits per heavy atom. The van der Waals surface area contributed by atoms with Crippen molar-refractivity contribution in [3.8, 4) is 11.3 Å². The predicted octanol–water partition coefficient (Wildman–Crippen LogP) is 3.99. The van der Waals surface area contributed by atoms with E-state index in [-0.39, 0.29) is 5.91 Å². The third kappa shape index (κ3) is 3.40. The predicted molar refractivity (Wildman–Crippen MR) is 101 cm³/mol. The molecule has 0 fully saturated rings. The Hall–Kier alpha value is -2.69. The fraction of sp³-hybridized carbons (Fsp3) is 0.350. The largest absolute Gasteiger partial charge is 0.342 e. The summed E-state index contributed by atoms with van der Waals surface area (Å²) in [7, 11) is 1.86. The minimum atomic E-state index is 0.0219. The molecule has 2 heterocycles. The van der Waals surface area contributed by atoms with Gasteiger partial charge in [0.1, 0.15) is 0 Å².